The number of H-pyrrole nitrogens is 1. The molecule has 2 fully saturated rings. The molecule has 1 aliphatic carbocycles. The summed E-state index contributed by atoms with van der Waals surface area (Å²) in [5, 5.41) is 1.42. The van der Waals surface area contributed by atoms with Crippen molar-refractivity contribution in [3.8, 4) is 11.8 Å². The number of nitrogens with two attached hydrogens (primary N) is 1. The van der Waals surface area contributed by atoms with Crippen molar-refractivity contribution in [2.75, 3.05) is 25.1 Å². The number of methoxy groups -OCH3 is 1. The molecule has 0 bridgehead atoms. The van der Waals surface area contributed by atoms with Gasteiger partial charge in [-0.05, 0) is 24.3 Å². The quantitative estimate of drug-likeness (QED) is 0.595. The zero-order valence-corrected chi connectivity index (χ0v) is 17.3. The van der Waals surface area contributed by atoms with E-state index in [0.29, 0.717) is 28.3 Å². The van der Waals surface area contributed by atoms with Crippen molar-refractivity contribution in [3.05, 3.63) is 34.7 Å². The van der Waals surface area contributed by atoms with Gasteiger partial charge in [-0.3, -0.25) is 4.98 Å². The highest BCUT2D eigenvalue weighted by molar-refractivity contribution is 6.37. The molecule has 1 aliphatic heterocycles. The van der Waals surface area contributed by atoms with Gasteiger partial charge in [0.1, 0.15) is 17.2 Å². The smallest absolute Gasteiger partial charge is 0.339 e. The summed E-state index contributed by atoms with van der Waals surface area (Å²) in [6, 6.07) is 1.95. The summed E-state index contributed by atoms with van der Waals surface area (Å²) in [6.45, 7) is 3.69. The van der Waals surface area contributed by atoms with E-state index in [9.17, 15) is 4.79 Å². The standard InChI is InChI=1S/C20H21ClN6O3/c1-3-13-15(21)14-17(24-13)25-20(26-18(14)27-7-11-12(8-27)16(11)22)30-10-4-9(5-23-6-10)19(28)29-2/h4-6,11-12,16H,3,7-8,22H2,1-2H3,(H,24,25,26). The molecular weight excluding hydrogens is 408 g/mol. The number of nitrogens with zero attached hydrogens (tertiary/aromatic N) is 4. The zero-order valence-electron chi connectivity index (χ0n) is 16.6. The molecular formula is C20H21ClN6O3. The van der Waals surface area contributed by atoms with Crippen molar-refractivity contribution in [3.63, 3.8) is 0 Å². The molecule has 9 nitrogen and oxygen atoms in total. The summed E-state index contributed by atoms with van der Waals surface area (Å²) in [5.41, 5.74) is 7.89. The lowest BCUT2D eigenvalue weighted by atomic mass is 10.2. The summed E-state index contributed by atoms with van der Waals surface area (Å²) < 4.78 is 10.6. The zero-order chi connectivity index (χ0) is 21.0. The van der Waals surface area contributed by atoms with Crippen molar-refractivity contribution in [2.24, 2.45) is 17.6 Å². The SMILES string of the molecule is CCc1[nH]c2nc(Oc3cncc(C(=O)OC)c3)nc(N3CC4C(N)C4C3)c2c1Cl. The second kappa shape index (κ2) is 7.10. The summed E-state index contributed by atoms with van der Waals surface area (Å²) in [4.78, 5) is 30.4. The number of aromatic amines is 1. The number of anilines is 1. The van der Waals surface area contributed by atoms with Crippen LogP contribution in [0.5, 0.6) is 11.8 Å². The lowest BCUT2D eigenvalue weighted by Crippen LogP contribution is -2.29. The number of esters is 1. The molecule has 156 valence electrons. The van der Waals surface area contributed by atoms with Crippen LogP contribution in [0, 0.1) is 11.8 Å². The molecule has 1 saturated heterocycles. The molecule has 0 aromatic carbocycles. The molecule has 0 spiro atoms. The Labute approximate surface area is 177 Å². The molecule has 2 unspecified atom stereocenters. The van der Waals surface area contributed by atoms with Gasteiger partial charge in [0.05, 0.1) is 29.3 Å². The average Bonchev–Trinajstić information content (AvgIpc) is 3.10. The predicted molar refractivity (Wildman–Crippen MR) is 111 cm³/mol. The van der Waals surface area contributed by atoms with Gasteiger partial charge in [0.15, 0.2) is 0 Å². The molecule has 10 heteroatoms. The largest absolute Gasteiger partial charge is 0.465 e. The number of halogens is 1. The fourth-order valence-electron chi connectivity index (χ4n) is 4.14. The van der Waals surface area contributed by atoms with Crippen molar-refractivity contribution < 1.29 is 14.3 Å². The van der Waals surface area contributed by atoms with E-state index in [2.05, 4.69) is 24.8 Å². The Kier molecular flexibility index (Phi) is 4.52. The molecule has 0 radical (unpaired) electrons. The van der Waals surface area contributed by atoms with Crippen LogP contribution in [0.4, 0.5) is 5.82 Å². The Hall–Kier alpha value is -2.91. The van der Waals surface area contributed by atoms with Crippen LogP contribution in [0.2, 0.25) is 5.02 Å². The number of aryl methyl sites for hydroxylation is 1. The van der Waals surface area contributed by atoms with Gasteiger partial charge in [-0.2, -0.15) is 9.97 Å². The summed E-state index contributed by atoms with van der Waals surface area (Å²) >= 11 is 6.64. The highest BCUT2D eigenvalue weighted by atomic mass is 35.5. The van der Waals surface area contributed by atoms with E-state index < -0.39 is 5.97 Å². The van der Waals surface area contributed by atoms with Crippen LogP contribution >= 0.6 is 11.6 Å². The van der Waals surface area contributed by atoms with E-state index in [1.54, 1.807) is 0 Å². The minimum Gasteiger partial charge on any atom is -0.465 e. The van der Waals surface area contributed by atoms with Crippen LogP contribution in [-0.2, 0) is 11.2 Å². The number of hydrogen-bond donors (Lipinski definition) is 2. The van der Waals surface area contributed by atoms with Gasteiger partial charge in [0, 0.05) is 31.0 Å². The van der Waals surface area contributed by atoms with Gasteiger partial charge >= 0.3 is 12.0 Å². The monoisotopic (exact) mass is 428 g/mol. The first-order valence-corrected chi connectivity index (χ1v) is 10.2. The molecule has 2 atom stereocenters. The van der Waals surface area contributed by atoms with E-state index in [1.165, 1.54) is 25.6 Å². The predicted octanol–water partition coefficient (Wildman–Crippen LogP) is 2.54. The molecule has 0 amide bonds. The third kappa shape index (κ3) is 3.05. The number of ether oxygens (including phenoxy) is 2. The van der Waals surface area contributed by atoms with Gasteiger partial charge < -0.3 is 25.1 Å². The molecule has 4 heterocycles. The maximum atomic E-state index is 11.8. The molecule has 5 rings (SSSR count). The van der Waals surface area contributed by atoms with Crippen molar-refractivity contribution in [1.29, 1.82) is 0 Å². The first-order chi connectivity index (χ1) is 14.5. The number of carbonyl (C=O) groups is 1. The van der Waals surface area contributed by atoms with Crippen LogP contribution in [0.3, 0.4) is 0 Å². The number of nitrogens with one attached hydrogen (secondary N) is 1. The fraction of sp³-hybridized carbons (Fsp3) is 0.400. The van der Waals surface area contributed by atoms with Crippen LogP contribution in [0.15, 0.2) is 18.5 Å². The van der Waals surface area contributed by atoms with Crippen molar-refractivity contribution in [1.82, 2.24) is 19.9 Å². The van der Waals surface area contributed by atoms with Crippen LogP contribution < -0.4 is 15.4 Å². The summed E-state index contributed by atoms with van der Waals surface area (Å²) in [5.74, 6) is 1.55. The number of carbonyl (C=O) groups excluding carboxylic acids is 1. The number of pyridine rings is 1. The summed E-state index contributed by atoms with van der Waals surface area (Å²) in [7, 11) is 1.31. The van der Waals surface area contributed by atoms with Gasteiger partial charge in [-0.1, -0.05) is 18.5 Å². The Morgan fingerprint density at radius 1 is 1.33 bits per heavy atom. The van der Waals surface area contributed by atoms with Crippen LogP contribution in [0.25, 0.3) is 11.0 Å². The number of piperidine rings is 1. The normalized spacial score (nSPS) is 22.3. The Morgan fingerprint density at radius 3 is 2.80 bits per heavy atom. The minimum atomic E-state index is -0.499. The van der Waals surface area contributed by atoms with Gasteiger partial charge in [-0.25, -0.2) is 4.79 Å². The second-order valence-electron chi connectivity index (χ2n) is 7.64. The topological polar surface area (TPSA) is 119 Å². The second-order valence-corrected chi connectivity index (χ2v) is 8.02. The van der Waals surface area contributed by atoms with Crippen molar-refractivity contribution in [2.45, 2.75) is 19.4 Å². The summed E-state index contributed by atoms with van der Waals surface area (Å²) in [6.07, 6.45) is 3.64. The molecule has 2 aliphatic rings. The lowest BCUT2D eigenvalue weighted by molar-refractivity contribution is 0.0600. The van der Waals surface area contributed by atoms with E-state index in [-0.39, 0.29) is 17.6 Å². The van der Waals surface area contributed by atoms with E-state index >= 15 is 0 Å². The highest BCUT2D eigenvalue weighted by Crippen LogP contribution is 2.47. The van der Waals surface area contributed by atoms with Gasteiger partial charge in [-0.15, -0.1) is 0 Å². The fourth-order valence-corrected chi connectivity index (χ4v) is 4.50. The molecule has 3 aromatic heterocycles. The van der Waals surface area contributed by atoms with E-state index in [4.69, 9.17) is 26.8 Å². The Balaban J connectivity index is 1.54. The Bertz CT molecular complexity index is 1140. The first-order valence-electron chi connectivity index (χ1n) is 9.80. The van der Waals surface area contributed by atoms with Gasteiger partial charge in [0.2, 0.25) is 0 Å². The number of hydrogen-bond acceptors (Lipinski definition) is 8. The maximum Gasteiger partial charge on any atom is 0.339 e. The molecule has 3 aromatic rings. The number of rotatable bonds is 5. The van der Waals surface area contributed by atoms with Crippen LogP contribution in [-0.4, -0.2) is 52.1 Å². The van der Waals surface area contributed by atoms with Crippen LogP contribution in [0.1, 0.15) is 23.0 Å². The molecule has 30 heavy (non-hydrogen) atoms. The Morgan fingerprint density at radius 2 is 2.10 bits per heavy atom. The van der Waals surface area contributed by atoms with E-state index in [1.807, 2.05) is 6.92 Å². The maximum absolute atomic E-state index is 11.8. The van der Waals surface area contributed by atoms with Crippen molar-refractivity contribution >= 4 is 34.4 Å². The number of aromatic nitrogens is 4. The molecule has 1 saturated carbocycles. The van der Waals surface area contributed by atoms with Gasteiger partial charge in [0.25, 0.3) is 0 Å². The average molecular weight is 429 g/mol. The molecule has 3 N–H and O–H groups in total. The third-order valence-electron chi connectivity index (χ3n) is 5.88. The minimum absolute atomic E-state index is 0.145. The highest BCUT2D eigenvalue weighted by Gasteiger charge is 2.54. The first kappa shape index (κ1) is 19.1. The third-order valence-corrected chi connectivity index (χ3v) is 6.30. The number of fused-ring (bicyclic) bond motifs is 2. The lowest BCUT2D eigenvalue weighted by Gasteiger charge is -2.21. The van der Waals surface area contributed by atoms with E-state index in [0.717, 1.165) is 36.4 Å².